The summed E-state index contributed by atoms with van der Waals surface area (Å²) in [6.07, 6.45) is -1.30. The van der Waals surface area contributed by atoms with Crippen molar-refractivity contribution >= 4 is 11.9 Å². The Morgan fingerprint density at radius 2 is 1.73 bits per heavy atom. The molecular weight excluding hydrogens is 332 g/mol. The fourth-order valence-corrected chi connectivity index (χ4v) is 2.86. The number of benzene rings is 2. The summed E-state index contributed by atoms with van der Waals surface area (Å²) in [4.78, 5) is 24.2. The number of β-amino-alcohol motifs (C(OH)–C–C–N with tert-alkyl or cyclic N) is 1. The molecule has 0 aromatic heterocycles. The SMILES string of the molecule is Cc1ccc(C(OCC(O)CN2C(=O)CNC2=O)c2ccccc2)cc1. The molecule has 3 amide bonds. The predicted molar refractivity (Wildman–Crippen MR) is 96.5 cm³/mol. The molecule has 0 saturated carbocycles. The first kappa shape index (κ1) is 18.1. The number of aryl methyl sites for hydroxylation is 1. The summed E-state index contributed by atoms with van der Waals surface area (Å²) in [7, 11) is 0. The fraction of sp³-hybridized carbons (Fsp3) is 0.300. The van der Waals surface area contributed by atoms with E-state index in [2.05, 4.69) is 5.32 Å². The number of imide groups is 1. The molecule has 6 nitrogen and oxygen atoms in total. The third kappa shape index (κ3) is 4.28. The van der Waals surface area contributed by atoms with Gasteiger partial charge in [-0.1, -0.05) is 60.2 Å². The van der Waals surface area contributed by atoms with Gasteiger partial charge in [0.15, 0.2) is 0 Å². The summed E-state index contributed by atoms with van der Waals surface area (Å²) in [6.45, 7) is 1.91. The Balaban J connectivity index is 1.69. The van der Waals surface area contributed by atoms with Gasteiger partial charge in [0.2, 0.25) is 5.91 Å². The molecule has 0 bridgehead atoms. The first-order chi connectivity index (χ1) is 12.5. The summed E-state index contributed by atoms with van der Waals surface area (Å²) < 4.78 is 5.98. The lowest BCUT2D eigenvalue weighted by atomic mass is 10.0. The van der Waals surface area contributed by atoms with E-state index in [1.165, 1.54) is 0 Å². The van der Waals surface area contributed by atoms with Crippen molar-refractivity contribution in [2.24, 2.45) is 0 Å². The third-order valence-corrected chi connectivity index (χ3v) is 4.27. The van der Waals surface area contributed by atoms with E-state index < -0.39 is 12.1 Å². The molecule has 2 N–H and O–H groups in total. The number of hydrogen-bond acceptors (Lipinski definition) is 4. The summed E-state index contributed by atoms with van der Waals surface area (Å²) >= 11 is 0. The summed E-state index contributed by atoms with van der Waals surface area (Å²) in [6, 6.07) is 17.3. The Morgan fingerprint density at radius 1 is 1.08 bits per heavy atom. The maximum absolute atomic E-state index is 11.6. The number of hydrogen-bond donors (Lipinski definition) is 2. The van der Waals surface area contributed by atoms with Gasteiger partial charge in [-0.15, -0.1) is 0 Å². The molecule has 1 heterocycles. The second-order valence-corrected chi connectivity index (χ2v) is 6.35. The van der Waals surface area contributed by atoms with Crippen LogP contribution in [0.1, 0.15) is 22.8 Å². The third-order valence-electron chi connectivity index (χ3n) is 4.27. The van der Waals surface area contributed by atoms with Crippen LogP contribution in [0, 0.1) is 6.92 Å². The van der Waals surface area contributed by atoms with E-state index in [1.807, 2.05) is 61.5 Å². The number of carbonyl (C=O) groups excluding carboxylic acids is 2. The normalized spacial score (nSPS) is 16.5. The number of nitrogens with zero attached hydrogens (tertiary/aromatic N) is 1. The number of rotatable bonds is 7. The average Bonchev–Trinajstić information content (AvgIpc) is 2.96. The van der Waals surface area contributed by atoms with Crippen molar-refractivity contribution < 1.29 is 19.4 Å². The summed E-state index contributed by atoms with van der Waals surface area (Å²) in [5.41, 5.74) is 3.10. The highest BCUT2D eigenvalue weighted by atomic mass is 16.5. The quantitative estimate of drug-likeness (QED) is 0.746. The Labute approximate surface area is 152 Å². The van der Waals surface area contributed by atoms with Crippen LogP contribution < -0.4 is 5.32 Å². The second kappa shape index (κ2) is 8.12. The van der Waals surface area contributed by atoms with Crippen LogP contribution in [0.2, 0.25) is 0 Å². The van der Waals surface area contributed by atoms with Gasteiger partial charge in [-0.05, 0) is 18.1 Å². The lowest BCUT2D eigenvalue weighted by Gasteiger charge is -2.23. The van der Waals surface area contributed by atoms with E-state index in [0.717, 1.165) is 21.6 Å². The Morgan fingerprint density at radius 3 is 2.35 bits per heavy atom. The minimum absolute atomic E-state index is 0.00446. The highest BCUT2D eigenvalue weighted by Crippen LogP contribution is 2.26. The lowest BCUT2D eigenvalue weighted by Crippen LogP contribution is -2.39. The van der Waals surface area contributed by atoms with E-state index in [0.29, 0.717) is 0 Å². The first-order valence-electron chi connectivity index (χ1n) is 8.54. The standard InChI is InChI=1S/C20H22N2O4/c1-14-7-9-16(10-8-14)19(15-5-3-2-4-6-15)26-13-17(23)12-22-18(24)11-21-20(22)25/h2-10,17,19,23H,11-13H2,1H3,(H,21,25). The highest BCUT2D eigenvalue weighted by Gasteiger charge is 2.30. The van der Waals surface area contributed by atoms with Crippen molar-refractivity contribution in [3.05, 3.63) is 71.3 Å². The van der Waals surface area contributed by atoms with Gasteiger partial charge in [0.1, 0.15) is 6.10 Å². The number of nitrogens with one attached hydrogen (secondary N) is 1. The maximum atomic E-state index is 11.6. The lowest BCUT2D eigenvalue weighted by molar-refractivity contribution is -0.126. The molecule has 0 aliphatic carbocycles. The molecule has 1 fully saturated rings. The molecular formula is C20H22N2O4. The summed E-state index contributed by atoms with van der Waals surface area (Å²) in [5.74, 6) is -0.341. The van der Waals surface area contributed by atoms with Crippen LogP contribution in [0.25, 0.3) is 0 Å². The largest absolute Gasteiger partial charge is 0.389 e. The Bertz CT molecular complexity index is 745. The molecule has 2 unspecified atom stereocenters. The van der Waals surface area contributed by atoms with Gasteiger partial charge in [0.25, 0.3) is 0 Å². The number of aliphatic hydroxyl groups is 1. The highest BCUT2D eigenvalue weighted by molar-refractivity contribution is 6.01. The van der Waals surface area contributed by atoms with Crippen LogP contribution in [0.15, 0.2) is 54.6 Å². The van der Waals surface area contributed by atoms with Crippen LogP contribution in [0.5, 0.6) is 0 Å². The number of carbonyl (C=O) groups is 2. The van der Waals surface area contributed by atoms with E-state index in [1.54, 1.807) is 0 Å². The number of aliphatic hydroxyl groups excluding tert-OH is 1. The predicted octanol–water partition coefficient (Wildman–Crippen LogP) is 2.01. The van der Waals surface area contributed by atoms with Crippen molar-refractivity contribution in [1.82, 2.24) is 10.2 Å². The van der Waals surface area contributed by atoms with Crippen molar-refractivity contribution in [3.63, 3.8) is 0 Å². The van der Waals surface area contributed by atoms with Crippen molar-refractivity contribution in [2.75, 3.05) is 19.7 Å². The van der Waals surface area contributed by atoms with Gasteiger partial charge in [0.05, 0.1) is 25.8 Å². The number of amides is 3. The molecule has 1 saturated heterocycles. The van der Waals surface area contributed by atoms with Crippen LogP contribution >= 0.6 is 0 Å². The van der Waals surface area contributed by atoms with Crippen molar-refractivity contribution in [1.29, 1.82) is 0 Å². The maximum Gasteiger partial charge on any atom is 0.324 e. The average molecular weight is 354 g/mol. The van der Waals surface area contributed by atoms with Crippen LogP contribution in [-0.2, 0) is 9.53 Å². The molecule has 6 heteroatoms. The molecule has 3 rings (SSSR count). The second-order valence-electron chi connectivity index (χ2n) is 6.35. The Hall–Kier alpha value is -2.70. The minimum atomic E-state index is -0.959. The van der Waals surface area contributed by atoms with Crippen molar-refractivity contribution in [3.8, 4) is 0 Å². The van der Waals surface area contributed by atoms with Gasteiger partial charge in [-0.25, -0.2) is 4.79 Å². The zero-order valence-corrected chi connectivity index (χ0v) is 14.6. The van der Waals surface area contributed by atoms with E-state index in [4.69, 9.17) is 4.74 Å². The van der Waals surface area contributed by atoms with Crippen molar-refractivity contribution in [2.45, 2.75) is 19.1 Å². The molecule has 0 spiro atoms. The van der Waals surface area contributed by atoms with E-state index in [9.17, 15) is 14.7 Å². The van der Waals surface area contributed by atoms with E-state index in [-0.39, 0.29) is 31.7 Å². The number of urea groups is 1. The molecule has 1 aliphatic heterocycles. The smallest absolute Gasteiger partial charge is 0.324 e. The molecule has 136 valence electrons. The van der Waals surface area contributed by atoms with Gasteiger partial charge in [-0.2, -0.15) is 0 Å². The van der Waals surface area contributed by atoms with Crippen LogP contribution in [0.4, 0.5) is 4.79 Å². The van der Waals surface area contributed by atoms with Crippen LogP contribution in [-0.4, -0.2) is 47.7 Å². The fourth-order valence-electron chi connectivity index (χ4n) is 2.86. The van der Waals surface area contributed by atoms with Gasteiger partial charge in [-0.3, -0.25) is 9.69 Å². The number of ether oxygens (including phenoxy) is 1. The molecule has 2 aromatic carbocycles. The van der Waals surface area contributed by atoms with E-state index >= 15 is 0 Å². The first-order valence-corrected chi connectivity index (χ1v) is 8.54. The molecule has 1 aliphatic rings. The monoisotopic (exact) mass is 354 g/mol. The zero-order chi connectivity index (χ0) is 18.5. The minimum Gasteiger partial charge on any atom is -0.389 e. The molecule has 2 atom stereocenters. The zero-order valence-electron chi connectivity index (χ0n) is 14.6. The van der Waals surface area contributed by atoms with Gasteiger partial charge < -0.3 is 15.2 Å². The summed E-state index contributed by atoms with van der Waals surface area (Å²) in [5, 5.41) is 12.7. The topological polar surface area (TPSA) is 78.9 Å². The van der Waals surface area contributed by atoms with Crippen LogP contribution in [0.3, 0.4) is 0 Å². The van der Waals surface area contributed by atoms with Gasteiger partial charge in [0, 0.05) is 0 Å². The molecule has 2 aromatic rings. The molecule has 0 radical (unpaired) electrons. The molecule has 26 heavy (non-hydrogen) atoms. The van der Waals surface area contributed by atoms with Gasteiger partial charge >= 0.3 is 6.03 Å². The Kier molecular flexibility index (Phi) is 5.65.